The third-order valence-corrected chi connectivity index (χ3v) is 6.04. The second-order valence-electron chi connectivity index (χ2n) is 7.52. The molecule has 5 aromatic rings. The highest BCUT2D eigenvalue weighted by Crippen LogP contribution is 2.26. The number of pyridine rings is 1. The molecule has 0 bridgehead atoms. The monoisotopic (exact) mass is 481 g/mol. The summed E-state index contributed by atoms with van der Waals surface area (Å²) in [6.45, 7) is -2.96. The van der Waals surface area contributed by atoms with Crippen molar-refractivity contribution in [3.63, 3.8) is 0 Å². The van der Waals surface area contributed by atoms with Gasteiger partial charge in [-0.3, -0.25) is 9.36 Å². The molecule has 5 rings (SSSR count). The molecule has 34 heavy (non-hydrogen) atoms. The van der Waals surface area contributed by atoms with Gasteiger partial charge in [0.25, 0.3) is 5.56 Å². The summed E-state index contributed by atoms with van der Waals surface area (Å²) in [5.41, 5.74) is 2.94. The fourth-order valence-corrected chi connectivity index (χ4v) is 4.15. The number of hydrogen-bond donors (Lipinski definition) is 0. The lowest BCUT2D eigenvalue weighted by atomic mass is 10.0. The van der Waals surface area contributed by atoms with Crippen molar-refractivity contribution in [3.05, 3.63) is 71.4 Å². The highest BCUT2D eigenvalue weighted by Gasteiger charge is 2.18. The molecule has 172 valence electrons. The van der Waals surface area contributed by atoms with Gasteiger partial charge in [0, 0.05) is 35.4 Å². The van der Waals surface area contributed by atoms with Gasteiger partial charge in [-0.1, -0.05) is 6.07 Å². The lowest BCUT2D eigenvalue weighted by Crippen LogP contribution is -2.22. The predicted molar refractivity (Wildman–Crippen MR) is 124 cm³/mol. The maximum atomic E-state index is 13.7. The van der Waals surface area contributed by atoms with Crippen LogP contribution in [0.4, 0.5) is 8.78 Å². The van der Waals surface area contributed by atoms with Gasteiger partial charge >= 0.3 is 11.8 Å². The van der Waals surface area contributed by atoms with E-state index in [1.54, 1.807) is 18.5 Å². The van der Waals surface area contributed by atoms with Crippen molar-refractivity contribution in [1.29, 1.82) is 0 Å². The molecule has 2 aromatic carbocycles. The minimum Gasteiger partial charge on any atom is -0.609 e. The van der Waals surface area contributed by atoms with E-state index < -0.39 is 17.8 Å². The van der Waals surface area contributed by atoms with Crippen molar-refractivity contribution in [2.24, 2.45) is 7.05 Å². The van der Waals surface area contributed by atoms with Gasteiger partial charge in [0.05, 0.1) is 23.0 Å². The molecule has 0 amide bonds. The van der Waals surface area contributed by atoms with Crippen LogP contribution < -0.4 is 10.3 Å². The molecule has 1 unspecified atom stereocenters. The normalized spacial score (nSPS) is 12.5. The zero-order valence-corrected chi connectivity index (χ0v) is 18.8. The Labute approximate surface area is 194 Å². The minimum absolute atomic E-state index is 0.0427. The molecule has 0 aliphatic rings. The Morgan fingerprint density at radius 3 is 2.56 bits per heavy atom. The van der Waals surface area contributed by atoms with Crippen molar-refractivity contribution in [1.82, 2.24) is 24.1 Å². The number of rotatable bonds is 5. The van der Waals surface area contributed by atoms with E-state index in [9.17, 15) is 18.1 Å². The first-order valence-corrected chi connectivity index (χ1v) is 11.6. The number of aryl methyl sites for hydroxylation is 1. The third-order valence-electron chi connectivity index (χ3n) is 5.33. The molecule has 0 radical (unpaired) electrons. The van der Waals surface area contributed by atoms with Gasteiger partial charge < -0.3 is 13.9 Å². The number of alkyl halides is 2. The van der Waals surface area contributed by atoms with Crippen LogP contribution in [0.15, 0.2) is 71.0 Å². The van der Waals surface area contributed by atoms with E-state index >= 15 is 0 Å². The number of aromatic nitrogens is 5. The van der Waals surface area contributed by atoms with E-state index in [4.69, 9.17) is 0 Å². The van der Waals surface area contributed by atoms with Crippen LogP contribution >= 0.6 is 0 Å². The van der Waals surface area contributed by atoms with Gasteiger partial charge in [-0.05, 0) is 48.0 Å². The molecule has 11 heteroatoms. The Hall–Kier alpha value is -3.83. The van der Waals surface area contributed by atoms with E-state index in [-0.39, 0.29) is 22.1 Å². The molecule has 3 aromatic heterocycles. The van der Waals surface area contributed by atoms with E-state index in [2.05, 4.69) is 19.7 Å². The number of imidazole rings is 1. The van der Waals surface area contributed by atoms with Crippen molar-refractivity contribution >= 4 is 33.2 Å². The van der Waals surface area contributed by atoms with Gasteiger partial charge in [-0.25, -0.2) is 4.98 Å². The highest BCUT2D eigenvalue weighted by atomic mass is 32.2. The SMILES string of the molecule is Cn1cnc2ccc(-c3cc4cnc([S+](C)[O-])nc4n(-c4ccc(OC(F)F)cc4)c3=O)cc21. The van der Waals surface area contributed by atoms with E-state index in [1.807, 2.05) is 23.7 Å². The number of benzene rings is 2. The van der Waals surface area contributed by atoms with Crippen LogP contribution in [-0.2, 0) is 18.2 Å². The number of halogens is 2. The zero-order chi connectivity index (χ0) is 24.0. The fourth-order valence-electron chi connectivity index (χ4n) is 3.74. The number of fused-ring (bicyclic) bond motifs is 2. The Kier molecular flexibility index (Phi) is 5.50. The summed E-state index contributed by atoms with van der Waals surface area (Å²) in [6, 6.07) is 12.8. The summed E-state index contributed by atoms with van der Waals surface area (Å²) in [5, 5.41) is 0.615. The fraction of sp³-hybridized carbons (Fsp3) is 0.130. The molecular formula is C23H17F2N5O3S. The molecular weight excluding hydrogens is 464 g/mol. The van der Waals surface area contributed by atoms with Crippen molar-refractivity contribution in [2.45, 2.75) is 11.8 Å². The number of ether oxygens (including phenoxy) is 1. The van der Waals surface area contributed by atoms with Gasteiger partial charge in [0.1, 0.15) is 12.0 Å². The summed E-state index contributed by atoms with van der Waals surface area (Å²) < 4.78 is 44.7. The lowest BCUT2D eigenvalue weighted by Gasteiger charge is -2.14. The topological polar surface area (TPSA) is 97.9 Å². The maximum Gasteiger partial charge on any atom is 0.387 e. The summed E-state index contributed by atoms with van der Waals surface area (Å²) in [6.07, 6.45) is 4.64. The Morgan fingerprint density at radius 1 is 1.09 bits per heavy atom. The molecule has 1 atom stereocenters. The Balaban J connectivity index is 1.77. The summed E-state index contributed by atoms with van der Waals surface area (Å²) >= 11 is -1.47. The van der Waals surface area contributed by atoms with Gasteiger partial charge in [0.15, 0.2) is 5.65 Å². The van der Waals surface area contributed by atoms with Gasteiger partial charge in [-0.15, -0.1) is 0 Å². The quantitative estimate of drug-likeness (QED) is 0.281. The first-order chi connectivity index (χ1) is 16.3. The largest absolute Gasteiger partial charge is 0.609 e. The molecule has 0 fully saturated rings. The van der Waals surface area contributed by atoms with Crippen LogP contribution in [-0.4, -0.2) is 41.5 Å². The Morgan fingerprint density at radius 2 is 1.85 bits per heavy atom. The van der Waals surface area contributed by atoms with Crippen molar-refractivity contribution in [2.75, 3.05) is 6.26 Å². The lowest BCUT2D eigenvalue weighted by molar-refractivity contribution is -0.0498. The molecule has 0 spiro atoms. The predicted octanol–water partition coefficient (Wildman–Crippen LogP) is 3.67. The smallest absolute Gasteiger partial charge is 0.387 e. The molecule has 0 saturated heterocycles. The van der Waals surface area contributed by atoms with Gasteiger partial charge in [0.2, 0.25) is 0 Å². The summed E-state index contributed by atoms with van der Waals surface area (Å²) in [7, 11) is 1.86. The first kappa shape index (κ1) is 22.0. The number of nitrogens with zero attached hydrogens (tertiary/aromatic N) is 5. The van der Waals surface area contributed by atoms with Crippen LogP contribution in [0.25, 0.3) is 38.9 Å². The molecule has 8 nitrogen and oxygen atoms in total. The third kappa shape index (κ3) is 3.88. The van der Waals surface area contributed by atoms with Gasteiger partial charge in [-0.2, -0.15) is 18.7 Å². The molecule has 0 N–H and O–H groups in total. The highest BCUT2D eigenvalue weighted by molar-refractivity contribution is 7.90. The number of hydrogen-bond acceptors (Lipinski definition) is 6. The average molecular weight is 481 g/mol. The maximum absolute atomic E-state index is 13.7. The van der Waals surface area contributed by atoms with Crippen LogP contribution in [0.3, 0.4) is 0 Å². The van der Waals surface area contributed by atoms with Crippen LogP contribution in [0.2, 0.25) is 0 Å². The molecule has 0 aliphatic heterocycles. The van der Waals surface area contributed by atoms with Crippen LogP contribution in [0, 0.1) is 0 Å². The standard InChI is InChI=1S/C23H17F2N5O3S/c1-29-12-27-18-8-3-13(10-19(18)29)17-9-14-11-26-23(34(2)32)28-20(14)30(21(17)31)15-4-6-16(7-5-15)33-22(24)25/h3-12,22H,1-2H3. The van der Waals surface area contributed by atoms with E-state index in [0.29, 0.717) is 22.2 Å². The van der Waals surface area contributed by atoms with Crippen LogP contribution in [0.1, 0.15) is 0 Å². The summed E-state index contributed by atoms with van der Waals surface area (Å²) in [5.74, 6) is -0.0427. The van der Waals surface area contributed by atoms with Crippen molar-refractivity contribution in [3.8, 4) is 22.6 Å². The minimum atomic E-state index is -2.96. The van der Waals surface area contributed by atoms with E-state index in [0.717, 1.165) is 11.0 Å². The average Bonchev–Trinajstić information content (AvgIpc) is 3.18. The van der Waals surface area contributed by atoms with E-state index in [1.165, 1.54) is 41.3 Å². The summed E-state index contributed by atoms with van der Waals surface area (Å²) in [4.78, 5) is 26.6. The van der Waals surface area contributed by atoms with Crippen LogP contribution in [0.5, 0.6) is 5.75 Å². The second-order valence-corrected chi connectivity index (χ2v) is 8.79. The van der Waals surface area contributed by atoms with Crippen molar-refractivity contribution < 1.29 is 18.1 Å². The second kappa shape index (κ2) is 8.50. The molecule has 0 saturated carbocycles. The zero-order valence-electron chi connectivity index (χ0n) is 18.0. The first-order valence-electron chi connectivity index (χ1n) is 10.0. The Bertz CT molecular complexity index is 1580. The molecule has 3 heterocycles. The molecule has 0 aliphatic carbocycles.